The highest BCUT2D eigenvalue weighted by atomic mass is 16.6. The molecular formula is C29H36N6O3. The summed E-state index contributed by atoms with van der Waals surface area (Å²) >= 11 is 0. The maximum absolute atomic E-state index is 13.4. The number of carbonyl (C=O) groups is 2. The molecule has 5 rings (SSSR count). The van der Waals surface area contributed by atoms with E-state index in [0.29, 0.717) is 30.3 Å². The molecule has 2 aliphatic rings. The molecule has 1 amide bonds. The highest BCUT2D eigenvalue weighted by Crippen LogP contribution is 2.34. The van der Waals surface area contributed by atoms with Gasteiger partial charge in [-0.3, -0.25) is 4.79 Å². The molecule has 0 saturated heterocycles. The van der Waals surface area contributed by atoms with Gasteiger partial charge in [0.2, 0.25) is 5.91 Å². The van der Waals surface area contributed by atoms with Crippen molar-refractivity contribution in [1.82, 2.24) is 20.1 Å². The lowest BCUT2D eigenvalue weighted by Crippen LogP contribution is -2.40. The third kappa shape index (κ3) is 5.29. The molecule has 0 aliphatic carbocycles. The van der Waals surface area contributed by atoms with Crippen LogP contribution in [0.25, 0.3) is 0 Å². The van der Waals surface area contributed by atoms with Crippen LogP contribution in [-0.2, 0) is 29.0 Å². The van der Waals surface area contributed by atoms with Crippen molar-refractivity contribution in [3.63, 3.8) is 0 Å². The maximum atomic E-state index is 13.4. The quantitative estimate of drug-likeness (QED) is 0.490. The molecule has 2 aliphatic heterocycles. The lowest BCUT2D eigenvalue weighted by molar-refractivity contribution is -0.118. The fourth-order valence-electron chi connectivity index (χ4n) is 5.17. The van der Waals surface area contributed by atoms with E-state index in [4.69, 9.17) is 4.74 Å². The Morgan fingerprint density at radius 3 is 2.55 bits per heavy atom. The number of nitrogens with one attached hydrogen (secondary N) is 2. The van der Waals surface area contributed by atoms with E-state index in [2.05, 4.69) is 50.2 Å². The molecular weight excluding hydrogens is 480 g/mol. The van der Waals surface area contributed by atoms with E-state index < -0.39 is 11.6 Å². The molecule has 2 N–H and O–H groups in total. The molecule has 1 atom stereocenters. The zero-order valence-electron chi connectivity index (χ0n) is 22.7. The van der Waals surface area contributed by atoms with Crippen LogP contribution in [0.1, 0.15) is 79.7 Å². The van der Waals surface area contributed by atoms with Gasteiger partial charge in [-0.15, -0.1) is 10.2 Å². The molecule has 0 saturated carbocycles. The smallest absolute Gasteiger partial charge is 0.338 e. The SMILES string of the molecule is CC(C)c1nnc2n1CCN(c1cccc3c1CCNC3C(=O)Nc1ccc(C(=O)OC(C)(C)C)cc1)C2. The molecule has 0 bridgehead atoms. The second-order valence-corrected chi connectivity index (χ2v) is 11.3. The fraction of sp³-hybridized carbons (Fsp3) is 0.448. The Kier molecular flexibility index (Phi) is 6.96. The average molecular weight is 517 g/mol. The van der Waals surface area contributed by atoms with Gasteiger partial charge in [-0.05, 0) is 68.7 Å². The number of carbonyl (C=O) groups excluding carboxylic acids is 2. The van der Waals surface area contributed by atoms with Crippen LogP contribution in [-0.4, -0.2) is 45.3 Å². The summed E-state index contributed by atoms with van der Waals surface area (Å²) in [5.74, 6) is 1.84. The number of hydrogen-bond donors (Lipinski definition) is 2. The Balaban J connectivity index is 1.31. The normalized spacial score (nSPS) is 17.1. The molecule has 38 heavy (non-hydrogen) atoms. The van der Waals surface area contributed by atoms with Crippen molar-refractivity contribution in [3.05, 3.63) is 70.8 Å². The number of rotatable bonds is 5. The van der Waals surface area contributed by atoms with Crippen LogP contribution in [0.2, 0.25) is 0 Å². The number of benzene rings is 2. The van der Waals surface area contributed by atoms with E-state index in [1.807, 2.05) is 32.9 Å². The lowest BCUT2D eigenvalue weighted by atomic mass is 9.91. The summed E-state index contributed by atoms with van der Waals surface area (Å²) in [7, 11) is 0. The van der Waals surface area contributed by atoms with Crippen molar-refractivity contribution in [2.75, 3.05) is 23.3 Å². The number of ether oxygens (including phenoxy) is 1. The van der Waals surface area contributed by atoms with Gasteiger partial charge in [0.1, 0.15) is 17.5 Å². The predicted octanol–water partition coefficient (Wildman–Crippen LogP) is 4.20. The number of aromatic nitrogens is 3. The van der Waals surface area contributed by atoms with Gasteiger partial charge in [0.15, 0.2) is 5.82 Å². The number of hydrogen-bond acceptors (Lipinski definition) is 7. The van der Waals surface area contributed by atoms with Gasteiger partial charge >= 0.3 is 5.97 Å². The molecule has 2 aromatic carbocycles. The van der Waals surface area contributed by atoms with Crippen LogP contribution >= 0.6 is 0 Å². The van der Waals surface area contributed by atoms with Crippen LogP contribution in [0, 0.1) is 0 Å². The Morgan fingerprint density at radius 2 is 1.84 bits per heavy atom. The number of fused-ring (bicyclic) bond motifs is 2. The summed E-state index contributed by atoms with van der Waals surface area (Å²) < 4.78 is 7.66. The van der Waals surface area contributed by atoms with E-state index in [0.717, 1.165) is 42.4 Å². The first-order chi connectivity index (χ1) is 18.1. The van der Waals surface area contributed by atoms with Crippen molar-refractivity contribution >= 4 is 23.3 Å². The van der Waals surface area contributed by atoms with Gasteiger partial charge in [0.25, 0.3) is 0 Å². The average Bonchev–Trinajstić information content (AvgIpc) is 3.31. The molecule has 3 heterocycles. The zero-order valence-corrected chi connectivity index (χ0v) is 22.7. The topological polar surface area (TPSA) is 101 Å². The standard InChI is InChI=1S/C29H36N6O3/c1-18(2)26-33-32-24-17-34(15-16-35(24)26)23-8-6-7-22-21(23)13-14-30-25(22)27(36)31-20-11-9-19(10-12-20)28(37)38-29(3,4)5/h6-12,18,25,30H,13-17H2,1-5H3,(H,31,36). The minimum atomic E-state index is -0.564. The van der Waals surface area contributed by atoms with Crippen molar-refractivity contribution in [1.29, 1.82) is 0 Å². The largest absolute Gasteiger partial charge is 0.456 e. The van der Waals surface area contributed by atoms with E-state index in [9.17, 15) is 9.59 Å². The second kappa shape index (κ2) is 10.2. The summed E-state index contributed by atoms with van der Waals surface area (Å²) in [6, 6.07) is 12.5. The molecule has 200 valence electrons. The molecule has 1 unspecified atom stereocenters. The van der Waals surface area contributed by atoms with E-state index >= 15 is 0 Å². The Bertz CT molecular complexity index is 1340. The van der Waals surface area contributed by atoms with Crippen molar-refractivity contribution in [2.24, 2.45) is 0 Å². The molecule has 0 fully saturated rings. The van der Waals surface area contributed by atoms with Crippen LogP contribution in [0.4, 0.5) is 11.4 Å². The minimum absolute atomic E-state index is 0.131. The summed E-state index contributed by atoms with van der Waals surface area (Å²) in [5, 5.41) is 15.3. The van der Waals surface area contributed by atoms with Crippen molar-refractivity contribution < 1.29 is 14.3 Å². The van der Waals surface area contributed by atoms with Crippen LogP contribution in [0.5, 0.6) is 0 Å². The maximum Gasteiger partial charge on any atom is 0.338 e. The fourth-order valence-corrected chi connectivity index (χ4v) is 5.17. The summed E-state index contributed by atoms with van der Waals surface area (Å²) in [5.41, 5.74) is 3.86. The van der Waals surface area contributed by atoms with E-state index in [1.54, 1.807) is 24.3 Å². The van der Waals surface area contributed by atoms with Gasteiger partial charge < -0.3 is 24.8 Å². The number of esters is 1. The highest BCUT2D eigenvalue weighted by molar-refractivity contribution is 5.97. The van der Waals surface area contributed by atoms with Crippen LogP contribution in [0.3, 0.4) is 0 Å². The predicted molar refractivity (Wildman–Crippen MR) is 146 cm³/mol. The lowest BCUT2D eigenvalue weighted by Gasteiger charge is -2.35. The third-order valence-corrected chi connectivity index (χ3v) is 6.91. The minimum Gasteiger partial charge on any atom is -0.456 e. The third-order valence-electron chi connectivity index (χ3n) is 6.91. The first-order valence-corrected chi connectivity index (χ1v) is 13.3. The van der Waals surface area contributed by atoms with E-state index in [1.165, 1.54) is 5.56 Å². The van der Waals surface area contributed by atoms with Crippen LogP contribution < -0.4 is 15.5 Å². The molecule has 0 spiro atoms. The summed E-state index contributed by atoms with van der Waals surface area (Å²) in [4.78, 5) is 28.0. The van der Waals surface area contributed by atoms with Crippen molar-refractivity contribution in [3.8, 4) is 0 Å². The number of amides is 1. The van der Waals surface area contributed by atoms with Gasteiger partial charge in [0, 0.05) is 36.9 Å². The first kappa shape index (κ1) is 25.9. The van der Waals surface area contributed by atoms with Crippen molar-refractivity contribution in [2.45, 2.75) is 71.7 Å². The first-order valence-electron chi connectivity index (χ1n) is 13.3. The van der Waals surface area contributed by atoms with Gasteiger partial charge in [0.05, 0.1) is 12.1 Å². The van der Waals surface area contributed by atoms with Crippen LogP contribution in [0.15, 0.2) is 42.5 Å². The van der Waals surface area contributed by atoms with Gasteiger partial charge in [-0.1, -0.05) is 26.0 Å². The summed E-state index contributed by atoms with van der Waals surface area (Å²) in [6.45, 7) is 12.9. The number of anilines is 2. The highest BCUT2D eigenvalue weighted by Gasteiger charge is 2.30. The monoisotopic (exact) mass is 516 g/mol. The Morgan fingerprint density at radius 1 is 1.08 bits per heavy atom. The Labute approximate surface area is 223 Å². The molecule has 3 aromatic rings. The molecule has 1 aromatic heterocycles. The van der Waals surface area contributed by atoms with E-state index in [-0.39, 0.29) is 11.9 Å². The van der Waals surface area contributed by atoms with Gasteiger partial charge in [-0.25, -0.2) is 4.79 Å². The number of nitrogens with zero attached hydrogens (tertiary/aromatic N) is 4. The van der Waals surface area contributed by atoms with Gasteiger partial charge in [-0.2, -0.15) is 0 Å². The molecule has 0 radical (unpaired) electrons. The molecule has 9 heteroatoms. The Hall–Kier alpha value is -3.72. The zero-order chi connectivity index (χ0) is 27.0. The summed E-state index contributed by atoms with van der Waals surface area (Å²) in [6.07, 6.45) is 0.848. The second-order valence-electron chi connectivity index (χ2n) is 11.3. The molecule has 9 nitrogen and oxygen atoms in total.